The van der Waals surface area contributed by atoms with Crippen molar-refractivity contribution in [3.8, 4) is 0 Å². The van der Waals surface area contributed by atoms with Crippen LogP contribution in [-0.2, 0) is 0 Å². The first-order chi connectivity index (χ1) is 10.0. The smallest absolute Gasteiger partial charge is 0.00113 e. The van der Waals surface area contributed by atoms with Gasteiger partial charge in [-0.2, -0.15) is 0 Å². The molecular formula is C18H37N3. The topological polar surface area (TPSA) is 78.1 Å². The van der Waals surface area contributed by atoms with E-state index in [0.29, 0.717) is 23.7 Å². The third-order valence-corrected chi connectivity index (χ3v) is 5.00. The molecule has 6 N–H and O–H groups in total. The van der Waals surface area contributed by atoms with Gasteiger partial charge in [0.15, 0.2) is 0 Å². The van der Waals surface area contributed by atoms with Crippen molar-refractivity contribution in [1.29, 1.82) is 0 Å². The monoisotopic (exact) mass is 295 g/mol. The Morgan fingerprint density at radius 1 is 0.952 bits per heavy atom. The molecule has 1 rings (SSSR count). The maximum atomic E-state index is 6.02. The second-order valence-corrected chi connectivity index (χ2v) is 7.41. The van der Waals surface area contributed by atoms with Crippen LogP contribution >= 0.6 is 0 Å². The van der Waals surface area contributed by atoms with Gasteiger partial charge < -0.3 is 17.2 Å². The van der Waals surface area contributed by atoms with Crippen LogP contribution in [0, 0.1) is 29.6 Å². The lowest BCUT2D eigenvalue weighted by molar-refractivity contribution is 0.278. The molecule has 3 heteroatoms. The largest absolute Gasteiger partial charge is 0.330 e. The van der Waals surface area contributed by atoms with Crippen molar-refractivity contribution in [2.45, 2.75) is 52.9 Å². The fourth-order valence-corrected chi connectivity index (χ4v) is 3.70. The molecule has 3 nitrogen and oxygen atoms in total. The normalized spacial score (nSPS) is 28.0. The molecule has 3 atom stereocenters. The summed E-state index contributed by atoms with van der Waals surface area (Å²) in [6.07, 6.45) is 8.69. The van der Waals surface area contributed by atoms with E-state index in [-0.39, 0.29) is 0 Å². The van der Waals surface area contributed by atoms with Crippen LogP contribution < -0.4 is 17.2 Å². The molecule has 0 aromatic heterocycles. The van der Waals surface area contributed by atoms with Crippen molar-refractivity contribution in [3.63, 3.8) is 0 Å². The molecular weight excluding hydrogens is 258 g/mol. The molecule has 1 saturated carbocycles. The summed E-state index contributed by atoms with van der Waals surface area (Å²) in [7, 11) is 0. The highest BCUT2D eigenvalue weighted by Crippen LogP contribution is 2.37. The zero-order valence-electron chi connectivity index (χ0n) is 14.4. The summed E-state index contributed by atoms with van der Waals surface area (Å²) in [6.45, 7) is 9.17. The summed E-state index contributed by atoms with van der Waals surface area (Å²) in [5.41, 5.74) is 19.4. The van der Waals surface area contributed by atoms with Crippen LogP contribution in [0.15, 0.2) is 11.6 Å². The lowest BCUT2D eigenvalue weighted by atomic mass is 9.70. The Morgan fingerprint density at radius 3 is 1.95 bits per heavy atom. The minimum Gasteiger partial charge on any atom is -0.330 e. The lowest BCUT2D eigenvalue weighted by Gasteiger charge is -2.37. The molecule has 1 aliphatic rings. The van der Waals surface area contributed by atoms with Gasteiger partial charge in [-0.05, 0) is 68.5 Å². The number of hydrogen-bond donors (Lipinski definition) is 3. The predicted octanol–water partition coefficient (Wildman–Crippen LogP) is 2.89. The average Bonchev–Trinajstić information content (AvgIpc) is 2.46. The molecule has 1 fully saturated rings. The van der Waals surface area contributed by atoms with Crippen LogP contribution in [0.1, 0.15) is 52.9 Å². The fourth-order valence-electron chi connectivity index (χ4n) is 3.70. The number of rotatable bonds is 8. The van der Waals surface area contributed by atoms with Crippen molar-refractivity contribution in [1.82, 2.24) is 0 Å². The first kappa shape index (κ1) is 18.7. The lowest BCUT2D eigenvalue weighted by Crippen LogP contribution is -2.36. The third-order valence-electron chi connectivity index (χ3n) is 5.00. The van der Waals surface area contributed by atoms with Crippen molar-refractivity contribution in [3.05, 3.63) is 11.6 Å². The van der Waals surface area contributed by atoms with Gasteiger partial charge in [0.1, 0.15) is 0 Å². The van der Waals surface area contributed by atoms with E-state index in [0.717, 1.165) is 38.4 Å². The van der Waals surface area contributed by atoms with E-state index in [1.807, 2.05) is 0 Å². The fraction of sp³-hybridized carbons (Fsp3) is 0.889. The van der Waals surface area contributed by atoms with Crippen LogP contribution in [0.25, 0.3) is 0 Å². The molecule has 0 aromatic rings. The molecule has 3 unspecified atom stereocenters. The Labute approximate surface area is 131 Å². The van der Waals surface area contributed by atoms with E-state index < -0.39 is 0 Å². The second kappa shape index (κ2) is 9.60. The van der Waals surface area contributed by atoms with Gasteiger partial charge in [0.05, 0.1) is 0 Å². The Kier molecular flexibility index (Phi) is 8.53. The standard InChI is InChI=1S/C18H37N3/c1-13(2)5-4-6-14(3)7-18-16(11-20)8-15(10-19)9-17(18)12-21/h7,13-17H,4-6,8-12,19-21H2,1-3H3. The summed E-state index contributed by atoms with van der Waals surface area (Å²) in [5.74, 6) is 3.02. The maximum absolute atomic E-state index is 6.02. The third kappa shape index (κ3) is 6.09. The molecule has 21 heavy (non-hydrogen) atoms. The van der Waals surface area contributed by atoms with Crippen LogP contribution in [0.5, 0.6) is 0 Å². The number of nitrogens with two attached hydrogens (primary N) is 3. The maximum Gasteiger partial charge on any atom is -0.00113 e. The molecule has 0 bridgehead atoms. The Balaban J connectivity index is 2.68. The molecule has 0 heterocycles. The number of hydrogen-bond acceptors (Lipinski definition) is 3. The molecule has 0 radical (unpaired) electrons. The van der Waals surface area contributed by atoms with E-state index in [2.05, 4.69) is 26.8 Å². The van der Waals surface area contributed by atoms with Crippen molar-refractivity contribution < 1.29 is 0 Å². The Hall–Kier alpha value is -0.380. The van der Waals surface area contributed by atoms with Crippen LogP contribution in [-0.4, -0.2) is 19.6 Å². The molecule has 1 aliphatic carbocycles. The van der Waals surface area contributed by atoms with Gasteiger partial charge in [-0.25, -0.2) is 0 Å². The van der Waals surface area contributed by atoms with Gasteiger partial charge in [0.2, 0.25) is 0 Å². The van der Waals surface area contributed by atoms with Crippen molar-refractivity contribution in [2.75, 3.05) is 19.6 Å². The summed E-state index contributed by atoms with van der Waals surface area (Å²) >= 11 is 0. The van der Waals surface area contributed by atoms with E-state index in [4.69, 9.17) is 17.2 Å². The summed E-state index contributed by atoms with van der Waals surface area (Å²) in [6, 6.07) is 0. The quantitative estimate of drug-likeness (QED) is 0.602. The summed E-state index contributed by atoms with van der Waals surface area (Å²) in [5, 5.41) is 0. The van der Waals surface area contributed by atoms with Crippen LogP contribution in [0.2, 0.25) is 0 Å². The molecule has 0 aromatic carbocycles. The van der Waals surface area contributed by atoms with Gasteiger partial charge in [-0.1, -0.05) is 45.3 Å². The van der Waals surface area contributed by atoms with Gasteiger partial charge in [0.25, 0.3) is 0 Å². The molecule has 0 amide bonds. The van der Waals surface area contributed by atoms with E-state index in [1.54, 1.807) is 0 Å². The minimum absolute atomic E-state index is 0.494. The van der Waals surface area contributed by atoms with E-state index in [9.17, 15) is 0 Å². The molecule has 0 aliphatic heterocycles. The molecule has 124 valence electrons. The van der Waals surface area contributed by atoms with Crippen molar-refractivity contribution in [2.24, 2.45) is 46.8 Å². The molecule has 0 saturated heterocycles. The first-order valence-electron chi connectivity index (χ1n) is 8.83. The van der Waals surface area contributed by atoms with Gasteiger partial charge >= 0.3 is 0 Å². The van der Waals surface area contributed by atoms with Crippen LogP contribution in [0.3, 0.4) is 0 Å². The van der Waals surface area contributed by atoms with Crippen molar-refractivity contribution >= 4 is 0 Å². The SMILES string of the molecule is CC(C)CCCC(C)C=C1C(CN)CC(CN)CC1CN. The summed E-state index contributed by atoms with van der Waals surface area (Å²) < 4.78 is 0. The Morgan fingerprint density at radius 2 is 1.52 bits per heavy atom. The first-order valence-corrected chi connectivity index (χ1v) is 8.83. The Bertz CT molecular complexity index is 296. The average molecular weight is 296 g/mol. The van der Waals surface area contributed by atoms with E-state index >= 15 is 0 Å². The highest BCUT2D eigenvalue weighted by Gasteiger charge is 2.31. The number of allylic oxidation sites excluding steroid dienone is 1. The zero-order valence-corrected chi connectivity index (χ0v) is 14.4. The van der Waals surface area contributed by atoms with Crippen LogP contribution in [0.4, 0.5) is 0 Å². The molecule has 0 spiro atoms. The highest BCUT2D eigenvalue weighted by atomic mass is 14.6. The van der Waals surface area contributed by atoms with Gasteiger partial charge in [0, 0.05) is 0 Å². The summed E-state index contributed by atoms with van der Waals surface area (Å²) in [4.78, 5) is 0. The second-order valence-electron chi connectivity index (χ2n) is 7.41. The minimum atomic E-state index is 0.494. The van der Waals surface area contributed by atoms with Gasteiger partial charge in [-0.15, -0.1) is 0 Å². The zero-order chi connectivity index (χ0) is 15.8. The highest BCUT2D eigenvalue weighted by molar-refractivity contribution is 5.17. The van der Waals surface area contributed by atoms with Gasteiger partial charge in [-0.3, -0.25) is 0 Å². The van der Waals surface area contributed by atoms with E-state index in [1.165, 1.54) is 24.8 Å². The predicted molar refractivity (Wildman–Crippen MR) is 92.8 cm³/mol.